The summed E-state index contributed by atoms with van der Waals surface area (Å²) in [5, 5.41) is 2.70. The molecule has 1 amide bonds. The maximum atomic E-state index is 13.2. The van der Waals surface area contributed by atoms with Gasteiger partial charge in [-0.1, -0.05) is 37.6 Å². The van der Waals surface area contributed by atoms with E-state index in [-0.39, 0.29) is 40.9 Å². The van der Waals surface area contributed by atoms with Crippen LogP contribution in [0.2, 0.25) is 0 Å². The van der Waals surface area contributed by atoms with Crippen molar-refractivity contribution in [2.45, 2.75) is 49.9 Å². The first-order valence-corrected chi connectivity index (χ1v) is 14.4. The second kappa shape index (κ2) is 11.2. The van der Waals surface area contributed by atoms with Crippen LogP contribution in [0.15, 0.2) is 52.3 Å². The van der Waals surface area contributed by atoms with Crippen molar-refractivity contribution in [3.05, 3.63) is 53.6 Å². The van der Waals surface area contributed by atoms with E-state index in [0.29, 0.717) is 18.8 Å². The topological polar surface area (TPSA) is 122 Å². The Morgan fingerprint density at radius 3 is 2.23 bits per heavy atom. The molecule has 0 aliphatic carbocycles. The highest BCUT2D eigenvalue weighted by atomic mass is 32.2. The minimum Gasteiger partial charge on any atom is -0.379 e. The van der Waals surface area contributed by atoms with Gasteiger partial charge in [-0.15, -0.1) is 0 Å². The van der Waals surface area contributed by atoms with E-state index in [2.05, 4.69) is 10.0 Å². The summed E-state index contributed by atoms with van der Waals surface area (Å²) in [5.74, 6) is -0.533. The zero-order valence-electron chi connectivity index (χ0n) is 20.4. The molecular formula is C24H33N3O6S2. The third-order valence-electron chi connectivity index (χ3n) is 5.70. The molecule has 0 unspecified atom stereocenters. The maximum absolute atomic E-state index is 13.2. The van der Waals surface area contributed by atoms with Crippen LogP contribution < -0.4 is 10.0 Å². The molecule has 2 aromatic carbocycles. The van der Waals surface area contributed by atoms with Crippen LogP contribution in [0.4, 0.5) is 5.69 Å². The summed E-state index contributed by atoms with van der Waals surface area (Å²) in [7, 11) is -7.71. The number of carbonyl (C=O) groups is 1. The molecule has 1 saturated heterocycles. The summed E-state index contributed by atoms with van der Waals surface area (Å²) in [6.45, 7) is 8.49. The summed E-state index contributed by atoms with van der Waals surface area (Å²) in [4.78, 5) is 13.3. The number of sulfonamides is 2. The first kappa shape index (κ1) is 27.3. The first-order valence-electron chi connectivity index (χ1n) is 11.5. The third-order valence-corrected chi connectivity index (χ3v) is 9.22. The molecule has 0 spiro atoms. The Hall–Kier alpha value is -2.31. The van der Waals surface area contributed by atoms with Gasteiger partial charge in [0.2, 0.25) is 26.0 Å². The number of hydrogen-bond donors (Lipinski definition) is 2. The number of benzene rings is 2. The Labute approximate surface area is 208 Å². The number of nitrogens with zero attached hydrogens (tertiary/aromatic N) is 1. The van der Waals surface area contributed by atoms with E-state index < -0.39 is 32.0 Å². The predicted octanol–water partition coefficient (Wildman–Crippen LogP) is 2.66. The predicted molar refractivity (Wildman–Crippen MR) is 134 cm³/mol. The van der Waals surface area contributed by atoms with Crippen molar-refractivity contribution in [1.29, 1.82) is 0 Å². The highest BCUT2D eigenvalue weighted by Gasteiger charge is 2.30. The van der Waals surface area contributed by atoms with Crippen LogP contribution in [0.5, 0.6) is 0 Å². The molecule has 192 valence electrons. The van der Waals surface area contributed by atoms with Gasteiger partial charge in [0.25, 0.3) is 0 Å². The van der Waals surface area contributed by atoms with Crippen molar-refractivity contribution < 1.29 is 26.4 Å². The zero-order chi connectivity index (χ0) is 25.8. The average molecular weight is 524 g/mol. The lowest BCUT2D eigenvalue weighted by Gasteiger charge is -2.27. The van der Waals surface area contributed by atoms with Gasteiger partial charge in [0.1, 0.15) is 6.04 Å². The minimum absolute atomic E-state index is 0.0294. The standard InChI is InChI=1S/C24H33N3O6S2/c1-17(2)15-22(26-34(29,30)21-9-5-18(3)6-10-21)24(28)25-20-8-7-19(4)23(16-20)35(31,32)27-11-13-33-14-12-27/h5-10,16-17,22,26H,11-15H2,1-4H3,(H,25,28)/t22-/m0/s1. The van der Waals surface area contributed by atoms with E-state index in [0.717, 1.165) is 5.56 Å². The maximum Gasteiger partial charge on any atom is 0.243 e. The molecule has 0 aromatic heterocycles. The van der Waals surface area contributed by atoms with Gasteiger partial charge >= 0.3 is 0 Å². The zero-order valence-corrected chi connectivity index (χ0v) is 22.1. The van der Waals surface area contributed by atoms with E-state index in [1.54, 1.807) is 31.2 Å². The highest BCUT2D eigenvalue weighted by Crippen LogP contribution is 2.25. The van der Waals surface area contributed by atoms with Crippen molar-refractivity contribution in [3.8, 4) is 0 Å². The summed E-state index contributed by atoms with van der Waals surface area (Å²) in [5.41, 5.74) is 1.74. The molecule has 1 aliphatic rings. The quantitative estimate of drug-likeness (QED) is 0.521. The van der Waals surface area contributed by atoms with Crippen LogP contribution in [0.1, 0.15) is 31.4 Å². The normalized spacial score (nSPS) is 16.3. The average Bonchev–Trinajstić information content (AvgIpc) is 2.80. The van der Waals surface area contributed by atoms with E-state index in [4.69, 9.17) is 4.74 Å². The van der Waals surface area contributed by atoms with Crippen LogP contribution in [0.3, 0.4) is 0 Å². The van der Waals surface area contributed by atoms with Crippen molar-refractivity contribution in [1.82, 2.24) is 9.03 Å². The Balaban J connectivity index is 1.83. The molecule has 9 nitrogen and oxygen atoms in total. The van der Waals surface area contributed by atoms with Gasteiger partial charge in [0.05, 0.1) is 23.0 Å². The fraction of sp³-hybridized carbons (Fsp3) is 0.458. The van der Waals surface area contributed by atoms with Crippen LogP contribution >= 0.6 is 0 Å². The van der Waals surface area contributed by atoms with Gasteiger partial charge in [-0.3, -0.25) is 4.79 Å². The van der Waals surface area contributed by atoms with Crippen LogP contribution in [0, 0.1) is 19.8 Å². The summed E-state index contributed by atoms with van der Waals surface area (Å²) in [6.07, 6.45) is 0.266. The van der Waals surface area contributed by atoms with Crippen LogP contribution in [-0.2, 0) is 29.6 Å². The van der Waals surface area contributed by atoms with Crippen molar-refractivity contribution in [2.75, 3.05) is 31.6 Å². The number of ether oxygens (including phenoxy) is 1. The lowest BCUT2D eigenvalue weighted by molar-refractivity contribution is -0.118. The Bertz CT molecular complexity index is 1250. The number of carbonyl (C=O) groups excluding carboxylic acids is 1. The van der Waals surface area contributed by atoms with Gasteiger partial charge in [0, 0.05) is 18.8 Å². The molecule has 3 rings (SSSR count). The number of anilines is 1. The highest BCUT2D eigenvalue weighted by molar-refractivity contribution is 7.89. The second-order valence-corrected chi connectivity index (χ2v) is 12.7. The molecule has 1 atom stereocenters. The molecule has 0 radical (unpaired) electrons. The largest absolute Gasteiger partial charge is 0.379 e. The number of hydrogen-bond acceptors (Lipinski definition) is 6. The second-order valence-electron chi connectivity index (χ2n) is 9.10. The number of nitrogens with one attached hydrogen (secondary N) is 2. The van der Waals surface area contributed by atoms with Crippen molar-refractivity contribution in [3.63, 3.8) is 0 Å². The number of rotatable bonds is 9. The smallest absolute Gasteiger partial charge is 0.243 e. The molecule has 0 saturated carbocycles. The van der Waals surface area contributed by atoms with Gasteiger partial charge in [-0.05, 0) is 56.0 Å². The molecular weight excluding hydrogens is 490 g/mol. The molecule has 1 aliphatic heterocycles. The van der Waals surface area contributed by atoms with Gasteiger partial charge < -0.3 is 10.1 Å². The minimum atomic E-state index is -3.94. The Kier molecular flexibility index (Phi) is 8.71. The fourth-order valence-electron chi connectivity index (χ4n) is 3.76. The van der Waals surface area contributed by atoms with Gasteiger partial charge in [-0.25, -0.2) is 16.8 Å². The molecule has 35 heavy (non-hydrogen) atoms. The Morgan fingerprint density at radius 1 is 1.00 bits per heavy atom. The summed E-state index contributed by atoms with van der Waals surface area (Å²) in [6, 6.07) is 9.96. The summed E-state index contributed by atoms with van der Waals surface area (Å²) < 4.78 is 61.3. The monoisotopic (exact) mass is 523 g/mol. The molecule has 1 heterocycles. The lowest BCUT2D eigenvalue weighted by Crippen LogP contribution is -2.44. The molecule has 2 aromatic rings. The first-order chi connectivity index (χ1) is 16.4. The van der Waals surface area contributed by atoms with Crippen LogP contribution in [0.25, 0.3) is 0 Å². The van der Waals surface area contributed by atoms with E-state index in [1.165, 1.54) is 22.5 Å². The van der Waals surface area contributed by atoms with E-state index in [9.17, 15) is 21.6 Å². The number of morpholine rings is 1. The number of aryl methyl sites for hydroxylation is 2. The molecule has 0 bridgehead atoms. The molecule has 11 heteroatoms. The number of amides is 1. The van der Waals surface area contributed by atoms with Crippen molar-refractivity contribution in [2.24, 2.45) is 5.92 Å². The third kappa shape index (κ3) is 6.89. The lowest BCUT2D eigenvalue weighted by atomic mass is 10.0. The summed E-state index contributed by atoms with van der Waals surface area (Å²) >= 11 is 0. The fourth-order valence-corrected chi connectivity index (χ4v) is 6.63. The molecule has 2 N–H and O–H groups in total. The van der Waals surface area contributed by atoms with Crippen molar-refractivity contribution >= 4 is 31.6 Å². The van der Waals surface area contributed by atoms with Crippen LogP contribution in [-0.4, -0.2) is 59.4 Å². The molecule has 1 fully saturated rings. The van der Waals surface area contributed by atoms with Gasteiger partial charge in [-0.2, -0.15) is 9.03 Å². The SMILES string of the molecule is Cc1ccc(S(=O)(=O)N[C@@H](CC(C)C)C(=O)Nc2ccc(C)c(S(=O)(=O)N3CCOCC3)c2)cc1. The Morgan fingerprint density at radius 2 is 1.63 bits per heavy atom. The van der Waals surface area contributed by atoms with E-state index in [1.807, 2.05) is 20.8 Å². The van der Waals surface area contributed by atoms with E-state index >= 15 is 0 Å². The van der Waals surface area contributed by atoms with Gasteiger partial charge in [0.15, 0.2) is 0 Å².